The van der Waals surface area contributed by atoms with E-state index in [-0.39, 0.29) is 18.4 Å². The second-order valence-electron chi connectivity index (χ2n) is 4.54. The van der Waals surface area contributed by atoms with Gasteiger partial charge in [-0.15, -0.1) is 0 Å². The summed E-state index contributed by atoms with van der Waals surface area (Å²) < 4.78 is 0. The standard InChI is InChI=1S/C11H20N2O4/c1-8(15)12-10(11(16)17)6-13-4-2-3-9(5-13)7-14/h9-10,14H,2-7H2,1H3,(H,12,15)(H,16,17). The van der Waals surface area contributed by atoms with Crippen LogP contribution in [0.25, 0.3) is 0 Å². The Kier molecular flexibility index (Phi) is 5.37. The number of likely N-dealkylation sites (tertiary alicyclic amines) is 1. The summed E-state index contributed by atoms with van der Waals surface area (Å²) in [7, 11) is 0. The van der Waals surface area contributed by atoms with Crippen molar-refractivity contribution in [1.82, 2.24) is 10.2 Å². The molecule has 0 aromatic carbocycles. The SMILES string of the molecule is CC(=O)NC(CN1CCCC(CO)C1)C(=O)O. The van der Waals surface area contributed by atoms with Crippen LogP contribution < -0.4 is 5.32 Å². The average molecular weight is 244 g/mol. The Morgan fingerprint density at radius 1 is 1.53 bits per heavy atom. The van der Waals surface area contributed by atoms with Crippen LogP contribution in [0.3, 0.4) is 0 Å². The maximum atomic E-state index is 11.0. The molecule has 1 rings (SSSR count). The van der Waals surface area contributed by atoms with Gasteiger partial charge in [-0.1, -0.05) is 0 Å². The number of aliphatic hydroxyl groups excluding tert-OH is 1. The summed E-state index contributed by atoms with van der Waals surface area (Å²) in [6.07, 6.45) is 1.93. The number of carboxylic acids is 1. The molecule has 17 heavy (non-hydrogen) atoms. The van der Waals surface area contributed by atoms with Gasteiger partial charge in [-0.05, 0) is 25.3 Å². The normalized spacial score (nSPS) is 23.1. The third-order valence-corrected chi connectivity index (χ3v) is 2.98. The van der Waals surface area contributed by atoms with Crippen LogP contribution in [0.2, 0.25) is 0 Å². The Hall–Kier alpha value is -1.14. The van der Waals surface area contributed by atoms with Gasteiger partial charge in [-0.2, -0.15) is 0 Å². The van der Waals surface area contributed by atoms with Gasteiger partial charge in [0.15, 0.2) is 0 Å². The molecule has 0 aliphatic carbocycles. The molecule has 6 heteroatoms. The van der Waals surface area contributed by atoms with Gasteiger partial charge in [0.05, 0.1) is 0 Å². The first-order valence-corrected chi connectivity index (χ1v) is 5.86. The minimum Gasteiger partial charge on any atom is -0.480 e. The van der Waals surface area contributed by atoms with Gasteiger partial charge in [-0.3, -0.25) is 4.79 Å². The first-order valence-electron chi connectivity index (χ1n) is 5.86. The van der Waals surface area contributed by atoms with E-state index < -0.39 is 12.0 Å². The molecule has 1 aliphatic heterocycles. The maximum Gasteiger partial charge on any atom is 0.327 e. The second-order valence-corrected chi connectivity index (χ2v) is 4.54. The van der Waals surface area contributed by atoms with E-state index in [0.29, 0.717) is 13.1 Å². The molecular weight excluding hydrogens is 224 g/mol. The van der Waals surface area contributed by atoms with Crippen molar-refractivity contribution in [1.29, 1.82) is 0 Å². The van der Waals surface area contributed by atoms with Crippen molar-refractivity contribution >= 4 is 11.9 Å². The van der Waals surface area contributed by atoms with E-state index in [1.165, 1.54) is 6.92 Å². The van der Waals surface area contributed by atoms with E-state index in [4.69, 9.17) is 10.2 Å². The van der Waals surface area contributed by atoms with Crippen LogP contribution in [0.5, 0.6) is 0 Å². The molecule has 1 saturated heterocycles. The van der Waals surface area contributed by atoms with E-state index >= 15 is 0 Å². The average Bonchev–Trinajstić information content (AvgIpc) is 2.27. The Labute approximate surface area is 101 Å². The Bertz CT molecular complexity index is 283. The third-order valence-electron chi connectivity index (χ3n) is 2.98. The molecule has 0 saturated carbocycles. The number of hydrogen-bond donors (Lipinski definition) is 3. The molecule has 6 nitrogen and oxygen atoms in total. The van der Waals surface area contributed by atoms with Gasteiger partial charge in [0, 0.05) is 26.6 Å². The van der Waals surface area contributed by atoms with Crippen LogP contribution in [0.15, 0.2) is 0 Å². The highest BCUT2D eigenvalue weighted by molar-refractivity contribution is 5.82. The molecule has 1 amide bonds. The number of carboxylic acid groups (broad SMARTS) is 1. The fourth-order valence-electron chi connectivity index (χ4n) is 2.16. The first-order chi connectivity index (χ1) is 8.02. The molecule has 3 N–H and O–H groups in total. The van der Waals surface area contributed by atoms with Crippen molar-refractivity contribution in [3.63, 3.8) is 0 Å². The molecule has 1 heterocycles. The Morgan fingerprint density at radius 2 is 2.24 bits per heavy atom. The smallest absolute Gasteiger partial charge is 0.327 e. The second kappa shape index (κ2) is 6.56. The van der Waals surface area contributed by atoms with Crippen molar-refractivity contribution in [3.8, 4) is 0 Å². The van der Waals surface area contributed by atoms with Crippen molar-refractivity contribution < 1.29 is 19.8 Å². The molecule has 1 fully saturated rings. The van der Waals surface area contributed by atoms with Crippen LogP contribution in [0.1, 0.15) is 19.8 Å². The van der Waals surface area contributed by atoms with Crippen LogP contribution in [0.4, 0.5) is 0 Å². The molecule has 0 spiro atoms. The molecule has 0 aromatic heterocycles. The molecule has 1 aliphatic rings. The summed E-state index contributed by atoms with van der Waals surface area (Å²) >= 11 is 0. The summed E-state index contributed by atoms with van der Waals surface area (Å²) in [5, 5.41) is 20.5. The lowest BCUT2D eigenvalue weighted by molar-refractivity contribution is -0.142. The number of aliphatic carboxylic acids is 1. The van der Waals surface area contributed by atoms with E-state index in [1.807, 2.05) is 4.90 Å². The topological polar surface area (TPSA) is 89.9 Å². The number of nitrogens with zero attached hydrogens (tertiary/aromatic N) is 1. The molecule has 2 atom stereocenters. The van der Waals surface area contributed by atoms with Crippen molar-refractivity contribution in [2.24, 2.45) is 5.92 Å². The Morgan fingerprint density at radius 3 is 2.76 bits per heavy atom. The number of carbonyl (C=O) groups is 2. The highest BCUT2D eigenvalue weighted by Crippen LogP contribution is 2.15. The largest absolute Gasteiger partial charge is 0.480 e. The minimum absolute atomic E-state index is 0.133. The molecule has 0 bridgehead atoms. The van der Waals surface area contributed by atoms with Crippen molar-refractivity contribution in [2.45, 2.75) is 25.8 Å². The zero-order valence-electron chi connectivity index (χ0n) is 10.1. The first kappa shape index (κ1) is 13.9. The molecule has 0 radical (unpaired) electrons. The van der Waals surface area contributed by atoms with E-state index in [0.717, 1.165) is 19.4 Å². The summed E-state index contributed by atoms with van der Waals surface area (Å²) in [5.74, 6) is -1.14. The van der Waals surface area contributed by atoms with Crippen LogP contribution in [0, 0.1) is 5.92 Å². The third kappa shape index (κ3) is 4.70. The summed E-state index contributed by atoms with van der Waals surface area (Å²) in [6, 6.07) is -0.870. The summed E-state index contributed by atoms with van der Waals surface area (Å²) in [6.45, 7) is 3.25. The minimum atomic E-state index is -1.02. The number of piperidine rings is 1. The number of hydrogen-bond acceptors (Lipinski definition) is 4. The van der Waals surface area contributed by atoms with Crippen LogP contribution >= 0.6 is 0 Å². The van der Waals surface area contributed by atoms with Gasteiger partial charge < -0.3 is 20.4 Å². The molecule has 2 unspecified atom stereocenters. The van der Waals surface area contributed by atoms with Gasteiger partial charge in [0.2, 0.25) is 5.91 Å². The monoisotopic (exact) mass is 244 g/mol. The Balaban J connectivity index is 2.48. The van der Waals surface area contributed by atoms with Crippen molar-refractivity contribution in [2.75, 3.05) is 26.2 Å². The quantitative estimate of drug-likeness (QED) is 0.594. The highest BCUT2D eigenvalue weighted by atomic mass is 16.4. The lowest BCUT2D eigenvalue weighted by Gasteiger charge is -2.33. The fourth-order valence-corrected chi connectivity index (χ4v) is 2.16. The zero-order chi connectivity index (χ0) is 12.8. The molecular formula is C11H20N2O4. The summed E-state index contributed by atoms with van der Waals surface area (Å²) in [5.41, 5.74) is 0. The highest BCUT2D eigenvalue weighted by Gasteiger charge is 2.25. The number of amides is 1. The van der Waals surface area contributed by atoms with Crippen LogP contribution in [-0.4, -0.2) is 59.3 Å². The van der Waals surface area contributed by atoms with E-state index in [1.54, 1.807) is 0 Å². The predicted molar refractivity (Wildman–Crippen MR) is 61.5 cm³/mol. The lowest BCUT2D eigenvalue weighted by atomic mass is 9.98. The van der Waals surface area contributed by atoms with Gasteiger partial charge >= 0.3 is 5.97 Å². The number of carbonyl (C=O) groups excluding carboxylic acids is 1. The maximum absolute atomic E-state index is 11.0. The predicted octanol–water partition coefficient (Wildman–Crippen LogP) is -0.720. The van der Waals surface area contributed by atoms with Gasteiger partial charge in [-0.25, -0.2) is 4.79 Å². The summed E-state index contributed by atoms with van der Waals surface area (Å²) in [4.78, 5) is 23.8. The number of rotatable bonds is 5. The fraction of sp³-hybridized carbons (Fsp3) is 0.818. The number of nitrogens with one attached hydrogen (secondary N) is 1. The van der Waals surface area contributed by atoms with Crippen molar-refractivity contribution in [3.05, 3.63) is 0 Å². The molecule has 98 valence electrons. The van der Waals surface area contributed by atoms with Crippen LogP contribution in [-0.2, 0) is 9.59 Å². The van der Waals surface area contributed by atoms with Gasteiger partial charge in [0.1, 0.15) is 6.04 Å². The van der Waals surface area contributed by atoms with E-state index in [9.17, 15) is 9.59 Å². The van der Waals surface area contributed by atoms with Gasteiger partial charge in [0.25, 0.3) is 0 Å². The number of aliphatic hydroxyl groups is 1. The van der Waals surface area contributed by atoms with E-state index in [2.05, 4.69) is 5.32 Å². The lowest BCUT2D eigenvalue weighted by Crippen LogP contribution is -2.50. The molecule has 0 aromatic rings. The zero-order valence-corrected chi connectivity index (χ0v) is 10.1.